The molecule has 0 spiro atoms. The van der Waals surface area contributed by atoms with Gasteiger partial charge in [0.2, 0.25) is 0 Å². The van der Waals surface area contributed by atoms with Crippen LogP contribution in [0.25, 0.3) is 0 Å². The molecule has 0 aliphatic carbocycles. The zero-order valence-corrected chi connectivity index (χ0v) is 18.7. The van der Waals surface area contributed by atoms with E-state index in [1.807, 2.05) is 21.0 Å². The van der Waals surface area contributed by atoms with Crippen LogP contribution < -0.4 is 0 Å². The number of carbonyl (C=O) groups excluding carboxylic acids is 1. The fourth-order valence-electron chi connectivity index (χ4n) is 3.11. The number of ether oxygens (including phenoxy) is 1. The van der Waals surface area contributed by atoms with Gasteiger partial charge in [-0.25, -0.2) is 8.42 Å². The highest BCUT2D eigenvalue weighted by atomic mass is 32.2. The summed E-state index contributed by atoms with van der Waals surface area (Å²) in [5, 5.41) is 0. The van der Waals surface area contributed by atoms with E-state index in [1.165, 1.54) is 38.5 Å². The van der Waals surface area contributed by atoms with Crippen molar-refractivity contribution in [2.45, 2.75) is 78.1 Å². The summed E-state index contributed by atoms with van der Waals surface area (Å²) >= 11 is 0. The standard InChI is InChI=1S/C20H41NO5S/c1-5-6-7-8-9-10-11-14-19(2)20(22)26-17-12-15-21(3,4)16-13-18-27(23,24)25/h19H,5-18H2,1-4H3. The minimum Gasteiger partial charge on any atom is -0.748 e. The van der Waals surface area contributed by atoms with Crippen molar-refractivity contribution < 1.29 is 27.0 Å². The maximum absolute atomic E-state index is 12.0. The third-order valence-corrected chi connectivity index (χ3v) is 5.74. The van der Waals surface area contributed by atoms with E-state index in [9.17, 15) is 17.8 Å². The topological polar surface area (TPSA) is 83.5 Å². The van der Waals surface area contributed by atoms with Gasteiger partial charge in [-0.05, 0) is 6.42 Å². The van der Waals surface area contributed by atoms with Crippen molar-refractivity contribution in [2.75, 3.05) is 39.5 Å². The van der Waals surface area contributed by atoms with Crippen molar-refractivity contribution in [2.24, 2.45) is 5.92 Å². The van der Waals surface area contributed by atoms with Crippen LogP contribution in [0.1, 0.15) is 78.1 Å². The summed E-state index contributed by atoms with van der Waals surface area (Å²) in [6, 6.07) is 0. The molecule has 0 aromatic rings. The highest BCUT2D eigenvalue weighted by Crippen LogP contribution is 2.14. The molecule has 0 rings (SSSR count). The first-order chi connectivity index (χ1) is 12.6. The lowest BCUT2D eigenvalue weighted by Gasteiger charge is -2.30. The zero-order chi connectivity index (χ0) is 20.8. The van der Waals surface area contributed by atoms with Crippen molar-refractivity contribution in [1.29, 1.82) is 0 Å². The molecule has 1 atom stereocenters. The number of esters is 1. The second kappa shape index (κ2) is 14.4. The molecule has 6 nitrogen and oxygen atoms in total. The van der Waals surface area contributed by atoms with Crippen LogP contribution in [0.2, 0.25) is 0 Å². The minimum absolute atomic E-state index is 0.0506. The molecule has 0 aliphatic heterocycles. The first kappa shape index (κ1) is 26.3. The quantitative estimate of drug-likeness (QED) is 0.159. The van der Waals surface area contributed by atoms with Gasteiger partial charge in [0, 0.05) is 18.6 Å². The fraction of sp³-hybridized carbons (Fsp3) is 0.950. The van der Waals surface area contributed by atoms with E-state index in [0.29, 0.717) is 24.1 Å². The van der Waals surface area contributed by atoms with Crippen LogP contribution in [0.4, 0.5) is 0 Å². The lowest BCUT2D eigenvalue weighted by Crippen LogP contribution is -2.42. The molecule has 162 valence electrons. The largest absolute Gasteiger partial charge is 0.748 e. The lowest BCUT2D eigenvalue weighted by molar-refractivity contribution is -0.890. The van der Waals surface area contributed by atoms with Crippen LogP contribution in [-0.4, -0.2) is 63.0 Å². The predicted molar refractivity (Wildman–Crippen MR) is 108 cm³/mol. The van der Waals surface area contributed by atoms with Crippen molar-refractivity contribution in [3.8, 4) is 0 Å². The second-order valence-electron chi connectivity index (χ2n) is 8.33. The summed E-state index contributed by atoms with van der Waals surface area (Å²) < 4.78 is 37.9. The number of nitrogens with zero attached hydrogens (tertiary/aromatic N) is 1. The van der Waals surface area contributed by atoms with Crippen molar-refractivity contribution in [3.05, 3.63) is 0 Å². The van der Waals surface area contributed by atoms with Gasteiger partial charge in [-0.3, -0.25) is 4.79 Å². The van der Waals surface area contributed by atoms with Crippen LogP contribution in [0.5, 0.6) is 0 Å². The molecule has 0 bridgehead atoms. The van der Waals surface area contributed by atoms with Crippen LogP contribution in [0, 0.1) is 5.92 Å². The molecule has 0 aliphatic rings. The maximum atomic E-state index is 12.0. The van der Waals surface area contributed by atoms with Gasteiger partial charge >= 0.3 is 5.97 Å². The predicted octanol–water partition coefficient (Wildman–Crippen LogP) is 3.71. The van der Waals surface area contributed by atoms with Gasteiger partial charge in [0.15, 0.2) is 0 Å². The number of carbonyl (C=O) groups is 1. The molecule has 0 N–H and O–H groups in total. The second-order valence-corrected chi connectivity index (χ2v) is 9.85. The molecule has 1 unspecified atom stereocenters. The highest BCUT2D eigenvalue weighted by molar-refractivity contribution is 7.85. The Morgan fingerprint density at radius 2 is 1.52 bits per heavy atom. The minimum atomic E-state index is -4.14. The Bertz CT molecular complexity index is 491. The Kier molecular flexibility index (Phi) is 14.0. The van der Waals surface area contributed by atoms with Crippen LogP contribution in [0.3, 0.4) is 0 Å². The fourth-order valence-corrected chi connectivity index (χ4v) is 3.60. The third kappa shape index (κ3) is 17.2. The first-order valence-corrected chi connectivity index (χ1v) is 12.1. The molecular formula is C20H41NO5S. The molecule has 0 fully saturated rings. The smallest absolute Gasteiger partial charge is 0.308 e. The summed E-state index contributed by atoms with van der Waals surface area (Å²) in [4.78, 5) is 12.0. The molecule has 7 heteroatoms. The molecule has 0 saturated heterocycles. The highest BCUT2D eigenvalue weighted by Gasteiger charge is 2.17. The van der Waals surface area contributed by atoms with Crippen molar-refractivity contribution in [1.82, 2.24) is 0 Å². The van der Waals surface area contributed by atoms with E-state index in [-0.39, 0.29) is 17.6 Å². The molecule has 0 radical (unpaired) electrons. The van der Waals surface area contributed by atoms with Crippen LogP contribution >= 0.6 is 0 Å². The van der Waals surface area contributed by atoms with E-state index in [1.54, 1.807) is 0 Å². The average molecular weight is 408 g/mol. The Hall–Kier alpha value is -0.660. The van der Waals surface area contributed by atoms with Crippen LogP contribution in [0.15, 0.2) is 0 Å². The normalized spacial score (nSPS) is 13.5. The van der Waals surface area contributed by atoms with Gasteiger partial charge in [-0.15, -0.1) is 0 Å². The van der Waals surface area contributed by atoms with E-state index in [2.05, 4.69) is 6.92 Å². The molecule has 0 amide bonds. The number of hydrogen-bond donors (Lipinski definition) is 0. The van der Waals surface area contributed by atoms with E-state index >= 15 is 0 Å². The van der Waals surface area contributed by atoms with Gasteiger partial charge in [-0.1, -0.05) is 58.8 Å². The number of hydrogen-bond acceptors (Lipinski definition) is 5. The lowest BCUT2D eigenvalue weighted by atomic mass is 10.0. The number of quaternary nitrogens is 1. The Morgan fingerprint density at radius 3 is 2.11 bits per heavy atom. The van der Waals surface area contributed by atoms with Gasteiger partial charge < -0.3 is 13.8 Å². The zero-order valence-electron chi connectivity index (χ0n) is 17.9. The maximum Gasteiger partial charge on any atom is 0.308 e. The van der Waals surface area contributed by atoms with Gasteiger partial charge in [0.05, 0.1) is 49.8 Å². The SMILES string of the molecule is CCCCCCCCCC(C)C(=O)OCCC[N+](C)(C)CCCS(=O)(=O)[O-]. The summed E-state index contributed by atoms with van der Waals surface area (Å²) in [7, 11) is -0.161. The monoisotopic (exact) mass is 407 g/mol. The van der Waals surface area contributed by atoms with Gasteiger partial charge in [-0.2, -0.15) is 0 Å². The van der Waals surface area contributed by atoms with E-state index in [4.69, 9.17) is 4.74 Å². The number of unbranched alkanes of at least 4 members (excludes halogenated alkanes) is 6. The summed E-state index contributed by atoms with van der Waals surface area (Å²) in [6.45, 7) is 5.93. The van der Waals surface area contributed by atoms with E-state index < -0.39 is 10.1 Å². The Balaban J connectivity index is 3.76. The molecule has 0 saturated carbocycles. The van der Waals surface area contributed by atoms with Crippen molar-refractivity contribution >= 4 is 16.1 Å². The average Bonchev–Trinajstić information content (AvgIpc) is 2.56. The Morgan fingerprint density at radius 1 is 0.963 bits per heavy atom. The molecule has 0 heterocycles. The molecule has 27 heavy (non-hydrogen) atoms. The third-order valence-electron chi connectivity index (χ3n) is 4.95. The summed E-state index contributed by atoms with van der Waals surface area (Å²) in [6.07, 6.45) is 10.7. The van der Waals surface area contributed by atoms with Gasteiger partial charge in [0.25, 0.3) is 0 Å². The molecular weight excluding hydrogens is 366 g/mol. The Labute approximate surface area is 167 Å². The molecule has 0 aromatic carbocycles. The first-order valence-electron chi connectivity index (χ1n) is 10.5. The number of rotatable bonds is 17. The summed E-state index contributed by atoms with van der Waals surface area (Å²) in [5.41, 5.74) is 0. The van der Waals surface area contributed by atoms with Crippen molar-refractivity contribution in [3.63, 3.8) is 0 Å². The summed E-state index contributed by atoms with van der Waals surface area (Å²) in [5.74, 6) is -0.492. The van der Waals surface area contributed by atoms with E-state index in [0.717, 1.165) is 25.8 Å². The molecule has 0 aromatic heterocycles. The van der Waals surface area contributed by atoms with Gasteiger partial charge in [0.1, 0.15) is 0 Å². The van der Waals surface area contributed by atoms with Crippen LogP contribution in [-0.2, 0) is 19.6 Å².